The number of likely N-dealkylation sites (tertiary alicyclic amines) is 1. The average Bonchev–Trinajstić information content (AvgIpc) is 2.99. The Morgan fingerprint density at radius 3 is 2.75 bits per heavy atom. The zero-order valence-corrected chi connectivity index (χ0v) is 15.9. The number of rotatable bonds is 5. The molecule has 0 radical (unpaired) electrons. The monoisotopic (exact) mass is 345 g/mol. The van der Waals surface area contributed by atoms with Crippen molar-refractivity contribution < 1.29 is 0 Å². The van der Waals surface area contributed by atoms with E-state index in [-0.39, 0.29) is 0 Å². The minimum atomic E-state index is 0.504. The van der Waals surface area contributed by atoms with E-state index in [0.717, 1.165) is 24.7 Å². The van der Waals surface area contributed by atoms with E-state index in [1.807, 2.05) is 30.3 Å². The molecule has 2 aromatic heterocycles. The summed E-state index contributed by atoms with van der Waals surface area (Å²) in [6.07, 6.45) is 4.12. The second kappa shape index (κ2) is 7.49. The molecule has 1 aliphatic heterocycles. The van der Waals surface area contributed by atoms with Gasteiger partial charge in [-0.2, -0.15) is 0 Å². The fraction of sp³-hybridized carbons (Fsp3) is 0.556. The van der Waals surface area contributed by atoms with E-state index in [0.29, 0.717) is 6.04 Å². The molecule has 1 atom stereocenters. The Morgan fingerprint density at radius 1 is 1.25 bits per heavy atom. The molecular weight excluding hydrogens is 318 g/mol. The molecular formula is C18H27N5S. The molecule has 1 aliphatic rings. The molecule has 1 fully saturated rings. The molecule has 24 heavy (non-hydrogen) atoms. The van der Waals surface area contributed by atoms with Gasteiger partial charge in [0.1, 0.15) is 18.0 Å². The number of hydrogen-bond donors (Lipinski definition) is 0. The molecule has 2 aromatic rings. The maximum Gasteiger partial charge on any atom is 0.134 e. The Kier molecular flexibility index (Phi) is 5.36. The van der Waals surface area contributed by atoms with Crippen LogP contribution in [0.1, 0.15) is 23.3 Å². The molecule has 0 aliphatic carbocycles. The van der Waals surface area contributed by atoms with Crippen LogP contribution in [0.2, 0.25) is 0 Å². The fourth-order valence-corrected chi connectivity index (χ4v) is 4.17. The van der Waals surface area contributed by atoms with Gasteiger partial charge in [-0.1, -0.05) is 0 Å². The summed E-state index contributed by atoms with van der Waals surface area (Å²) in [5.74, 6) is 1.96. The zero-order valence-electron chi connectivity index (χ0n) is 15.1. The highest BCUT2D eigenvalue weighted by molar-refractivity contribution is 7.10. The Bertz CT molecular complexity index is 669. The number of aryl methyl sites for hydroxylation is 1. The summed E-state index contributed by atoms with van der Waals surface area (Å²) in [5, 5.41) is 2.20. The minimum absolute atomic E-state index is 0.504. The van der Waals surface area contributed by atoms with Crippen molar-refractivity contribution >= 4 is 23.0 Å². The Hall–Kier alpha value is -1.66. The predicted octanol–water partition coefficient (Wildman–Crippen LogP) is 3.01. The molecule has 5 nitrogen and oxygen atoms in total. The standard InChI is InChI=1S/C18H27N5S/c1-14-7-9-24-16(14)12-23-8-5-6-15(11-23)22(4)18-10-17(21(2)3)19-13-20-18/h7,9-10,13,15H,5-6,8,11-12H2,1-4H3. The topological polar surface area (TPSA) is 35.5 Å². The number of hydrogen-bond acceptors (Lipinski definition) is 6. The molecule has 130 valence electrons. The number of likely N-dealkylation sites (N-methyl/N-ethyl adjacent to an activating group) is 1. The molecule has 6 heteroatoms. The molecule has 0 bridgehead atoms. The van der Waals surface area contributed by atoms with Gasteiger partial charge in [0.15, 0.2) is 0 Å². The predicted molar refractivity (Wildman–Crippen MR) is 102 cm³/mol. The van der Waals surface area contributed by atoms with E-state index in [2.05, 4.69) is 51.3 Å². The largest absolute Gasteiger partial charge is 0.363 e. The third-order valence-corrected chi connectivity index (χ3v) is 5.83. The second-order valence-corrected chi connectivity index (χ2v) is 7.80. The Balaban J connectivity index is 1.67. The quantitative estimate of drug-likeness (QED) is 0.832. The van der Waals surface area contributed by atoms with Gasteiger partial charge < -0.3 is 9.80 Å². The number of anilines is 2. The summed E-state index contributed by atoms with van der Waals surface area (Å²) < 4.78 is 0. The van der Waals surface area contributed by atoms with Crippen LogP contribution < -0.4 is 9.80 Å². The Morgan fingerprint density at radius 2 is 2.04 bits per heavy atom. The van der Waals surface area contributed by atoms with E-state index in [4.69, 9.17) is 0 Å². The number of piperidine rings is 1. The highest BCUT2D eigenvalue weighted by atomic mass is 32.1. The van der Waals surface area contributed by atoms with Crippen molar-refractivity contribution in [2.45, 2.75) is 32.4 Å². The molecule has 3 heterocycles. The van der Waals surface area contributed by atoms with Crippen LogP contribution in [-0.4, -0.2) is 55.1 Å². The number of aromatic nitrogens is 2. The summed E-state index contributed by atoms with van der Waals surface area (Å²) in [5.41, 5.74) is 1.42. The number of thiophene rings is 1. The molecule has 1 unspecified atom stereocenters. The minimum Gasteiger partial charge on any atom is -0.363 e. The lowest BCUT2D eigenvalue weighted by molar-refractivity contribution is 0.199. The van der Waals surface area contributed by atoms with Crippen LogP contribution in [0.4, 0.5) is 11.6 Å². The van der Waals surface area contributed by atoms with Crippen molar-refractivity contribution in [1.29, 1.82) is 0 Å². The smallest absolute Gasteiger partial charge is 0.134 e. The van der Waals surface area contributed by atoms with Gasteiger partial charge in [-0.25, -0.2) is 9.97 Å². The molecule has 0 aromatic carbocycles. The van der Waals surface area contributed by atoms with Gasteiger partial charge in [-0.3, -0.25) is 4.90 Å². The maximum absolute atomic E-state index is 4.48. The summed E-state index contributed by atoms with van der Waals surface area (Å²) in [7, 11) is 6.18. The van der Waals surface area contributed by atoms with Crippen LogP contribution in [0.15, 0.2) is 23.8 Å². The van der Waals surface area contributed by atoms with Crippen LogP contribution in [0.25, 0.3) is 0 Å². The van der Waals surface area contributed by atoms with Crippen molar-refractivity contribution in [3.8, 4) is 0 Å². The van der Waals surface area contributed by atoms with Gasteiger partial charge in [0.2, 0.25) is 0 Å². The van der Waals surface area contributed by atoms with E-state index >= 15 is 0 Å². The lowest BCUT2D eigenvalue weighted by Crippen LogP contribution is -2.46. The van der Waals surface area contributed by atoms with Gasteiger partial charge in [0.05, 0.1) is 0 Å². The lowest BCUT2D eigenvalue weighted by Gasteiger charge is -2.38. The summed E-state index contributed by atoms with van der Waals surface area (Å²) in [6, 6.07) is 4.79. The third-order valence-electron chi connectivity index (χ3n) is 4.82. The van der Waals surface area contributed by atoms with Crippen LogP contribution in [0.5, 0.6) is 0 Å². The van der Waals surface area contributed by atoms with Crippen molar-refractivity contribution in [1.82, 2.24) is 14.9 Å². The van der Waals surface area contributed by atoms with Crippen LogP contribution >= 0.6 is 11.3 Å². The van der Waals surface area contributed by atoms with Gasteiger partial charge in [-0.15, -0.1) is 11.3 Å². The second-order valence-electron chi connectivity index (χ2n) is 6.80. The van der Waals surface area contributed by atoms with Gasteiger partial charge >= 0.3 is 0 Å². The highest BCUT2D eigenvalue weighted by Crippen LogP contribution is 2.24. The molecule has 0 amide bonds. The fourth-order valence-electron chi connectivity index (χ4n) is 3.22. The summed E-state index contributed by atoms with van der Waals surface area (Å²) >= 11 is 1.87. The first-order valence-corrected chi connectivity index (χ1v) is 9.40. The van der Waals surface area contributed by atoms with E-state index in [1.54, 1.807) is 6.33 Å². The first kappa shape index (κ1) is 17.2. The average molecular weight is 346 g/mol. The summed E-state index contributed by atoms with van der Waals surface area (Å²) in [4.78, 5) is 17.2. The highest BCUT2D eigenvalue weighted by Gasteiger charge is 2.25. The van der Waals surface area contributed by atoms with E-state index in [9.17, 15) is 0 Å². The lowest BCUT2D eigenvalue weighted by atomic mass is 10.0. The van der Waals surface area contributed by atoms with Crippen molar-refractivity contribution in [3.63, 3.8) is 0 Å². The van der Waals surface area contributed by atoms with Gasteiger partial charge in [0.25, 0.3) is 0 Å². The normalized spacial score (nSPS) is 18.6. The first-order chi connectivity index (χ1) is 11.5. The first-order valence-electron chi connectivity index (χ1n) is 8.52. The SMILES string of the molecule is Cc1ccsc1CN1CCCC(N(C)c2cc(N(C)C)ncn2)C1. The van der Waals surface area contributed by atoms with Crippen LogP contribution in [0.3, 0.4) is 0 Å². The zero-order chi connectivity index (χ0) is 17.1. The van der Waals surface area contributed by atoms with Crippen molar-refractivity contribution in [2.24, 2.45) is 0 Å². The van der Waals surface area contributed by atoms with Crippen LogP contribution in [-0.2, 0) is 6.54 Å². The van der Waals surface area contributed by atoms with E-state index < -0.39 is 0 Å². The van der Waals surface area contributed by atoms with Crippen molar-refractivity contribution in [3.05, 3.63) is 34.3 Å². The number of nitrogens with zero attached hydrogens (tertiary/aromatic N) is 5. The summed E-state index contributed by atoms with van der Waals surface area (Å²) in [6.45, 7) is 5.56. The van der Waals surface area contributed by atoms with Gasteiger partial charge in [0, 0.05) is 51.2 Å². The molecule has 0 spiro atoms. The Labute approximate surface area is 148 Å². The van der Waals surface area contributed by atoms with Gasteiger partial charge in [-0.05, 0) is 43.3 Å². The van der Waals surface area contributed by atoms with E-state index in [1.165, 1.54) is 29.8 Å². The van der Waals surface area contributed by atoms with Crippen molar-refractivity contribution in [2.75, 3.05) is 44.0 Å². The molecule has 0 saturated carbocycles. The van der Waals surface area contributed by atoms with Crippen LogP contribution in [0, 0.1) is 6.92 Å². The molecule has 1 saturated heterocycles. The molecule has 3 rings (SSSR count). The maximum atomic E-state index is 4.48. The third kappa shape index (κ3) is 3.87. The molecule has 0 N–H and O–H groups in total.